The van der Waals surface area contributed by atoms with Crippen LogP contribution in [0.2, 0.25) is 0 Å². The van der Waals surface area contributed by atoms with Gasteiger partial charge < -0.3 is 23.5 Å². The summed E-state index contributed by atoms with van der Waals surface area (Å²) in [5.74, 6) is 1.10. The number of unbranched alkanes of at least 4 members (excludes halogenated alkanes) is 16. The number of nitrogens with zero attached hydrogens (tertiary/aromatic N) is 3. The summed E-state index contributed by atoms with van der Waals surface area (Å²) in [6, 6.07) is 0. The van der Waals surface area contributed by atoms with Gasteiger partial charge in [0, 0.05) is 64.6 Å². The highest BCUT2D eigenvalue weighted by Crippen LogP contribution is 2.22. The Morgan fingerprint density at radius 1 is 0.517 bits per heavy atom. The minimum atomic E-state index is -0.00646. The van der Waals surface area contributed by atoms with Crippen molar-refractivity contribution in [1.29, 1.82) is 0 Å². The van der Waals surface area contributed by atoms with E-state index in [4.69, 9.17) is 18.9 Å². The van der Waals surface area contributed by atoms with Gasteiger partial charge in [0.05, 0.1) is 38.3 Å². The fourth-order valence-electron chi connectivity index (χ4n) is 7.67. The summed E-state index contributed by atoms with van der Waals surface area (Å²) in [6.45, 7) is 17.8. The van der Waals surface area contributed by atoms with Crippen LogP contribution in [0.4, 0.5) is 0 Å². The first-order chi connectivity index (χ1) is 28.5. The number of carbonyl (C=O) groups excluding carboxylic acids is 2. The molecule has 2 unspecified atom stereocenters. The van der Waals surface area contributed by atoms with Crippen LogP contribution in [0.25, 0.3) is 0 Å². The topological polar surface area (TPSA) is 92.1 Å². The van der Waals surface area contributed by atoms with Crippen LogP contribution in [0.1, 0.15) is 207 Å². The van der Waals surface area contributed by atoms with Crippen molar-refractivity contribution in [2.45, 2.75) is 215 Å². The normalized spacial score (nSPS) is 12.7. The average molecular weight is 820 g/mol. The second-order valence-corrected chi connectivity index (χ2v) is 16.8. The van der Waals surface area contributed by atoms with E-state index >= 15 is 0 Å². The number of aryl methyl sites for hydroxylation is 2. The van der Waals surface area contributed by atoms with Crippen LogP contribution in [0.15, 0.2) is 12.4 Å². The molecule has 0 aliphatic rings. The molecular formula is C49H93N3O6. The van der Waals surface area contributed by atoms with Crippen molar-refractivity contribution in [3.8, 4) is 0 Å². The number of hydrogen-bond acceptors (Lipinski definition) is 8. The SMILES string of the molecule is CCCCCCCCC(CCCCCC)C(=O)OCCCOCCN(CCCn1ccnc1C)CCOCCCOC(=O)C(CCCCCC)CCCCCCCC. The second kappa shape index (κ2) is 40.4. The Kier molecular flexibility index (Phi) is 37.7. The van der Waals surface area contributed by atoms with E-state index in [0.29, 0.717) is 39.6 Å². The van der Waals surface area contributed by atoms with Crippen LogP contribution in [0.5, 0.6) is 0 Å². The summed E-state index contributed by atoms with van der Waals surface area (Å²) in [4.78, 5) is 32.8. The fourth-order valence-corrected chi connectivity index (χ4v) is 7.67. The van der Waals surface area contributed by atoms with E-state index < -0.39 is 0 Å². The molecule has 0 spiro atoms. The van der Waals surface area contributed by atoms with Gasteiger partial charge in [0.1, 0.15) is 5.82 Å². The summed E-state index contributed by atoms with van der Waals surface area (Å²) in [5, 5.41) is 0. The van der Waals surface area contributed by atoms with Crippen molar-refractivity contribution in [1.82, 2.24) is 14.5 Å². The van der Waals surface area contributed by atoms with E-state index in [0.717, 1.165) is 103 Å². The molecule has 0 saturated heterocycles. The summed E-state index contributed by atoms with van der Waals surface area (Å²) in [6.07, 6.45) is 34.7. The summed E-state index contributed by atoms with van der Waals surface area (Å²) in [7, 11) is 0. The Hall–Kier alpha value is -1.97. The van der Waals surface area contributed by atoms with Crippen LogP contribution in [0, 0.1) is 18.8 Å². The van der Waals surface area contributed by atoms with Crippen LogP contribution < -0.4 is 0 Å². The van der Waals surface area contributed by atoms with Crippen molar-refractivity contribution in [2.24, 2.45) is 11.8 Å². The summed E-state index contributed by atoms with van der Waals surface area (Å²) in [5.41, 5.74) is 0. The van der Waals surface area contributed by atoms with Crippen LogP contribution in [0.3, 0.4) is 0 Å². The molecule has 0 aliphatic carbocycles. The third-order valence-electron chi connectivity index (χ3n) is 11.5. The molecule has 0 fully saturated rings. The molecule has 1 rings (SSSR count). The van der Waals surface area contributed by atoms with Gasteiger partial charge >= 0.3 is 11.9 Å². The first-order valence-corrected chi connectivity index (χ1v) is 24.6. The lowest BCUT2D eigenvalue weighted by Crippen LogP contribution is -2.33. The highest BCUT2D eigenvalue weighted by atomic mass is 16.5. The molecule has 0 aromatic carbocycles. The standard InChI is InChI=1S/C49H93N3O6/c1-6-10-14-18-20-24-31-46(29-22-16-12-8-3)48(53)57-41-27-39-55-43-37-51(34-26-35-52-36-33-50-45(52)5)38-44-56-40-28-42-58-49(54)47(30-23-17-13-9-4)32-25-21-19-15-11-7-2/h33,36,46-47H,6-32,34-35,37-44H2,1-5H3. The molecule has 0 amide bonds. The Morgan fingerprint density at radius 3 is 1.31 bits per heavy atom. The lowest BCUT2D eigenvalue weighted by atomic mass is 9.94. The maximum atomic E-state index is 13.0. The number of aromatic nitrogens is 2. The Labute approximate surface area is 357 Å². The fraction of sp³-hybridized carbons (Fsp3) is 0.898. The van der Waals surface area contributed by atoms with Crippen LogP contribution >= 0.6 is 0 Å². The van der Waals surface area contributed by atoms with E-state index in [1.807, 2.05) is 19.3 Å². The van der Waals surface area contributed by atoms with Gasteiger partial charge in [-0.1, -0.05) is 156 Å². The van der Waals surface area contributed by atoms with E-state index in [1.54, 1.807) is 0 Å². The minimum Gasteiger partial charge on any atom is -0.465 e. The van der Waals surface area contributed by atoms with Gasteiger partial charge in [0.15, 0.2) is 0 Å². The van der Waals surface area contributed by atoms with Gasteiger partial charge in [-0.2, -0.15) is 0 Å². The summed E-state index contributed by atoms with van der Waals surface area (Å²) < 4.78 is 25.8. The molecule has 9 nitrogen and oxygen atoms in total. The van der Waals surface area contributed by atoms with Gasteiger partial charge in [0.2, 0.25) is 0 Å². The first-order valence-electron chi connectivity index (χ1n) is 24.6. The number of ether oxygens (including phenoxy) is 4. The maximum absolute atomic E-state index is 13.0. The lowest BCUT2D eigenvalue weighted by Gasteiger charge is -2.22. The van der Waals surface area contributed by atoms with Gasteiger partial charge in [-0.25, -0.2) is 4.98 Å². The molecule has 340 valence electrons. The van der Waals surface area contributed by atoms with Crippen LogP contribution in [-0.4, -0.2) is 85.7 Å². The molecule has 0 aliphatic heterocycles. The van der Waals surface area contributed by atoms with E-state index in [2.05, 4.69) is 42.1 Å². The zero-order valence-corrected chi connectivity index (χ0v) is 38.8. The highest BCUT2D eigenvalue weighted by Gasteiger charge is 2.20. The third-order valence-corrected chi connectivity index (χ3v) is 11.5. The third kappa shape index (κ3) is 31.0. The lowest BCUT2D eigenvalue weighted by molar-refractivity contribution is -0.150. The molecular weight excluding hydrogens is 727 g/mol. The smallest absolute Gasteiger partial charge is 0.308 e. The van der Waals surface area contributed by atoms with Crippen molar-refractivity contribution in [3.63, 3.8) is 0 Å². The molecule has 9 heteroatoms. The monoisotopic (exact) mass is 820 g/mol. The zero-order valence-electron chi connectivity index (χ0n) is 38.8. The molecule has 0 saturated carbocycles. The quantitative estimate of drug-likeness (QED) is 0.0475. The average Bonchev–Trinajstić information content (AvgIpc) is 3.64. The van der Waals surface area contributed by atoms with Crippen molar-refractivity contribution < 1.29 is 28.5 Å². The Balaban J connectivity index is 2.42. The Bertz CT molecular complexity index is 993. The second-order valence-electron chi connectivity index (χ2n) is 16.8. The highest BCUT2D eigenvalue weighted by molar-refractivity contribution is 5.72. The molecule has 1 heterocycles. The van der Waals surface area contributed by atoms with Gasteiger partial charge in [0.25, 0.3) is 0 Å². The molecule has 0 radical (unpaired) electrons. The number of esters is 2. The van der Waals surface area contributed by atoms with Crippen LogP contribution in [-0.2, 0) is 35.1 Å². The number of hydrogen-bond donors (Lipinski definition) is 0. The number of imidazole rings is 1. The molecule has 0 N–H and O–H groups in total. The molecule has 1 aromatic rings. The van der Waals surface area contributed by atoms with Gasteiger partial charge in [-0.05, 0) is 39.0 Å². The molecule has 0 bridgehead atoms. The van der Waals surface area contributed by atoms with E-state index in [9.17, 15) is 9.59 Å². The molecule has 58 heavy (non-hydrogen) atoms. The largest absolute Gasteiger partial charge is 0.465 e. The zero-order chi connectivity index (χ0) is 42.2. The first kappa shape index (κ1) is 54.0. The van der Waals surface area contributed by atoms with Gasteiger partial charge in [-0.3, -0.25) is 14.5 Å². The number of carbonyl (C=O) groups is 2. The van der Waals surface area contributed by atoms with Crippen molar-refractivity contribution in [3.05, 3.63) is 18.2 Å². The molecule has 1 aromatic heterocycles. The van der Waals surface area contributed by atoms with E-state index in [1.165, 1.54) is 103 Å². The van der Waals surface area contributed by atoms with E-state index in [-0.39, 0.29) is 23.8 Å². The number of rotatable bonds is 44. The van der Waals surface area contributed by atoms with Gasteiger partial charge in [-0.15, -0.1) is 0 Å². The summed E-state index contributed by atoms with van der Waals surface area (Å²) >= 11 is 0. The Morgan fingerprint density at radius 2 is 0.914 bits per heavy atom. The predicted octanol–water partition coefficient (Wildman–Crippen LogP) is 12.5. The molecule has 2 atom stereocenters. The minimum absolute atomic E-state index is 0.00646. The van der Waals surface area contributed by atoms with Crippen molar-refractivity contribution >= 4 is 11.9 Å². The van der Waals surface area contributed by atoms with Crippen molar-refractivity contribution in [2.75, 3.05) is 59.3 Å². The maximum Gasteiger partial charge on any atom is 0.308 e. The predicted molar refractivity (Wildman–Crippen MR) is 241 cm³/mol.